The Bertz CT molecular complexity index is 430. The summed E-state index contributed by atoms with van der Waals surface area (Å²) in [6, 6.07) is 4.04. The second-order valence-corrected chi connectivity index (χ2v) is 5.02. The fraction of sp³-hybridized carbons (Fsp3) is 0.538. The van der Waals surface area contributed by atoms with Crippen LogP contribution in [0.4, 0.5) is 5.82 Å². The lowest BCUT2D eigenvalue weighted by molar-refractivity contribution is 0.210. The van der Waals surface area contributed by atoms with Crippen LogP contribution >= 0.6 is 0 Å². The van der Waals surface area contributed by atoms with Crippen molar-refractivity contribution in [2.45, 2.75) is 26.3 Å². The summed E-state index contributed by atoms with van der Waals surface area (Å²) in [4.78, 5) is 6.36. The highest BCUT2D eigenvalue weighted by atomic mass is 15.2. The van der Waals surface area contributed by atoms with E-state index in [2.05, 4.69) is 35.1 Å². The summed E-state index contributed by atoms with van der Waals surface area (Å²) in [6.07, 6.45) is 1.72. The van der Waals surface area contributed by atoms with E-state index in [-0.39, 0.29) is 5.54 Å². The van der Waals surface area contributed by atoms with Crippen molar-refractivity contribution in [3.63, 3.8) is 0 Å². The van der Waals surface area contributed by atoms with Gasteiger partial charge in [-0.2, -0.15) is 5.26 Å². The van der Waals surface area contributed by atoms with Crippen molar-refractivity contribution in [1.82, 2.24) is 9.88 Å². The molecule has 0 aliphatic carbocycles. The molecule has 1 N–H and O–H groups in total. The first-order valence-electron chi connectivity index (χ1n) is 5.65. The quantitative estimate of drug-likeness (QED) is 0.863. The number of aryl methyl sites for hydroxylation is 1. The lowest BCUT2D eigenvalue weighted by Crippen LogP contribution is -2.44. The van der Waals surface area contributed by atoms with Gasteiger partial charge in [-0.3, -0.25) is 0 Å². The first-order chi connectivity index (χ1) is 7.88. The molecule has 1 aromatic rings. The van der Waals surface area contributed by atoms with Crippen molar-refractivity contribution in [2.24, 2.45) is 0 Å². The molecule has 0 saturated heterocycles. The molecule has 0 fully saturated rings. The Morgan fingerprint density at radius 3 is 2.65 bits per heavy atom. The molecule has 0 aromatic carbocycles. The maximum absolute atomic E-state index is 9.10. The number of rotatable bonds is 4. The second-order valence-electron chi connectivity index (χ2n) is 5.02. The molecule has 1 heterocycles. The summed E-state index contributed by atoms with van der Waals surface area (Å²) in [5.74, 6) is 0.669. The van der Waals surface area contributed by atoms with Gasteiger partial charge in [-0.15, -0.1) is 0 Å². The van der Waals surface area contributed by atoms with E-state index in [0.29, 0.717) is 11.4 Å². The minimum atomic E-state index is 0.0121. The Hall–Kier alpha value is -1.60. The summed E-state index contributed by atoms with van der Waals surface area (Å²) >= 11 is 0. The molecule has 0 radical (unpaired) electrons. The molecule has 17 heavy (non-hydrogen) atoms. The molecule has 0 aliphatic heterocycles. The van der Waals surface area contributed by atoms with Crippen molar-refractivity contribution in [2.75, 3.05) is 26.0 Å². The van der Waals surface area contributed by atoms with Gasteiger partial charge in [-0.25, -0.2) is 4.98 Å². The van der Waals surface area contributed by atoms with Crippen LogP contribution in [0.5, 0.6) is 0 Å². The van der Waals surface area contributed by atoms with Gasteiger partial charge in [0.05, 0.1) is 5.56 Å². The van der Waals surface area contributed by atoms with Crippen LogP contribution in [0, 0.1) is 18.3 Å². The zero-order valence-electron chi connectivity index (χ0n) is 11.2. The van der Waals surface area contributed by atoms with Gasteiger partial charge in [0.1, 0.15) is 11.9 Å². The zero-order chi connectivity index (χ0) is 13.1. The third-order valence-corrected chi connectivity index (χ3v) is 3.17. The lowest BCUT2D eigenvalue weighted by Gasteiger charge is -2.32. The van der Waals surface area contributed by atoms with Crippen LogP contribution in [0.3, 0.4) is 0 Å². The van der Waals surface area contributed by atoms with Crippen molar-refractivity contribution in [3.8, 4) is 6.07 Å². The second kappa shape index (κ2) is 5.15. The number of likely N-dealkylation sites (N-methyl/N-ethyl adjacent to an activating group) is 1. The maximum atomic E-state index is 9.10. The topological polar surface area (TPSA) is 52.0 Å². The van der Waals surface area contributed by atoms with Gasteiger partial charge >= 0.3 is 0 Å². The molecule has 0 amide bonds. The summed E-state index contributed by atoms with van der Waals surface area (Å²) in [5.41, 5.74) is 1.59. The van der Waals surface area contributed by atoms with E-state index in [9.17, 15) is 0 Å². The molecule has 1 aromatic heterocycles. The summed E-state index contributed by atoms with van der Waals surface area (Å²) < 4.78 is 0. The highest BCUT2D eigenvalue weighted by molar-refractivity contribution is 5.55. The number of nitrogens with zero attached hydrogens (tertiary/aromatic N) is 3. The molecule has 0 unspecified atom stereocenters. The number of nitrogens with one attached hydrogen (secondary N) is 1. The average molecular weight is 232 g/mol. The van der Waals surface area contributed by atoms with Gasteiger partial charge in [0.25, 0.3) is 0 Å². The van der Waals surface area contributed by atoms with E-state index in [1.165, 1.54) is 0 Å². The first-order valence-corrected chi connectivity index (χ1v) is 5.65. The van der Waals surface area contributed by atoms with Crippen LogP contribution in [0.25, 0.3) is 0 Å². The Morgan fingerprint density at radius 1 is 1.47 bits per heavy atom. The standard InChI is InChI=1S/C13H20N4/c1-10-6-7-15-12(11(10)8-14)16-9-13(2,3)17(4)5/h6-7H,9H2,1-5H3,(H,15,16). The van der Waals surface area contributed by atoms with Crippen molar-refractivity contribution in [3.05, 3.63) is 23.4 Å². The molecule has 0 atom stereocenters. The summed E-state index contributed by atoms with van der Waals surface area (Å²) in [7, 11) is 4.08. The Kier molecular flexibility index (Phi) is 4.08. The minimum absolute atomic E-state index is 0.0121. The van der Waals surface area contributed by atoms with Crippen LogP contribution in [0.15, 0.2) is 12.3 Å². The fourth-order valence-corrected chi connectivity index (χ4v) is 1.29. The van der Waals surface area contributed by atoms with Gasteiger partial charge in [0.2, 0.25) is 0 Å². The predicted octanol–water partition coefficient (Wildman–Crippen LogP) is 2.01. The monoisotopic (exact) mass is 232 g/mol. The largest absolute Gasteiger partial charge is 0.367 e. The van der Waals surface area contributed by atoms with E-state index < -0.39 is 0 Å². The fourth-order valence-electron chi connectivity index (χ4n) is 1.29. The van der Waals surface area contributed by atoms with Gasteiger partial charge < -0.3 is 10.2 Å². The lowest BCUT2D eigenvalue weighted by atomic mass is 10.0. The van der Waals surface area contributed by atoms with Gasteiger partial charge in [0, 0.05) is 18.3 Å². The van der Waals surface area contributed by atoms with Crippen molar-refractivity contribution >= 4 is 5.82 Å². The third kappa shape index (κ3) is 3.18. The highest BCUT2D eigenvalue weighted by Gasteiger charge is 2.20. The first kappa shape index (κ1) is 13.5. The SMILES string of the molecule is Cc1ccnc(NCC(C)(C)N(C)C)c1C#N. The van der Waals surface area contributed by atoms with Crippen LogP contribution in [0.2, 0.25) is 0 Å². The van der Waals surface area contributed by atoms with Crippen LogP contribution in [0.1, 0.15) is 25.0 Å². The van der Waals surface area contributed by atoms with Crippen LogP contribution in [-0.4, -0.2) is 36.1 Å². The van der Waals surface area contributed by atoms with Gasteiger partial charge in [0.15, 0.2) is 0 Å². The van der Waals surface area contributed by atoms with Gasteiger partial charge in [-0.1, -0.05) is 0 Å². The molecular weight excluding hydrogens is 212 g/mol. The molecule has 4 heteroatoms. The maximum Gasteiger partial charge on any atom is 0.144 e. The zero-order valence-corrected chi connectivity index (χ0v) is 11.2. The van der Waals surface area contributed by atoms with E-state index in [1.54, 1.807) is 6.20 Å². The van der Waals surface area contributed by atoms with E-state index in [0.717, 1.165) is 12.1 Å². The molecule has 92 valence electrons. The molecule has 0 bridgehead atoms. The number of anilines is 1. The molecule has 0 spiro atoms. The van der Waals surface area contributed by atoms with Crippen molar-refractivity contribution in [1.29, 1.82) is 5.26 Å². The number of aromatic nitrogens is 1. The molecule has 0 saturated carbocycles. The minimum Gasteiger partial charge on any atom is -0.367 e. The molecule has 0 aliphatic rings. The predicted molar refractivity (Wildman–Crippen MR) is 69.9 cm³/mol. The summed E-state index contributed by atoms with van der Waals surface area (Å²) in [5, 5.41) is 12.3. The number of pyridine rings is 1. The number of nitriles is 1. The Balaban J connectivity index is 2.84. The van der Waals surface area contributed by atoms with Crippen LogP contribution < -0.4 is 5.32 Å². The highest BCUT2D eigenvalue weighted by Crippen LogP contribution is 2.17. The molecular formula is C13H20N4. The molecule has 4 nitrogen and oxygen atoms in total. The third-order valence-electron chi connectivity index (χ3n) is 3.17. The number of hydrogen-bond acceptors (Lipinski definition) is 4. The smallest absolute Gasteiger partial charge is 0.144 e. The van der Waals surface area contributed by atoms with E-state index in [1.807, 2.05) is 27.1 Å². The van der Waals surface area contributed by atoms with E-state index >= 15 is 0 Å². The van der Waals surface area contributed by atoms with Crippen LogP contribution in [-0.2, 0) is 0 Å². The van der Waals surface area contributed by atoms with Crippen molar-refractivity contribution < 1.29 is 0 Å². The average Bonchev–Trinajstić information content (AvgIpc) is 2.26. The normalized spacial score (nSPS) is 11.4. The number of hydrogen-bond donors (Lipinski definition) is 1. The summed E-state index contributed by atoms with van der Waals surface area (Å²) in [6.45, 7) is 6.94. The Morgan fingerprint density at radius 2 is 2.12 bits per heavy atom. The Labute approximate surface area is 103 Å². The van der Waals surface area contributed by atoms with E-state index in [4.69, 9.17) is 5.26 Å². The molecule has 1 rings (SSSR count). The van der Waals surface area contributed by atoms with Gasteiger partial charge in [-0.05, 0) is 46.5 Å².